The summed E-state index contributed by atoms with van der Waals surface area (Å²) < 4.78 is 0. The predicted octanol–water partition coefficient (Wildman–Crippen LogP) is 0.723. The maximum absolute atomic E-state index is 8.31. The quantitative estimate of drug-likeness (QED) is 0.694. The van der Waals surface area contributed by atoms with E-state index in [0.29, 0.717) is 0 Å². The molecule has 0 saturated heterocycles. The first-order chi connectivity index (χ1) is 4.93. The molecule has 0 radical (unpaired) electrons. The second kappa shape index (κ2) is 7.51. The molecule has 52 valence electrons. The monoisotopic (exact) mass is 237 g/mol. The van der Waals surface area contributed by atoms with Gasteiger partial charge in [-0.15, -0.1) is 0 Å². The van der Waals surface area contributed by atoms with Gasteiger partial charge in [0.2, 0.25) is 0 Å². The second-order valence-corrected chi connectivity index (χ2v) is 3.46. The Labute approximate surface area is 116 Å². The summed E-state index contributed by atoms with van der Waals surface area (Å²) in [6.45, 7) is 0. The van der Waals surface area contributed by atoms with Crippen LogP contribution in [-0.4, -0.2) is 66.3 Å². The Morgan fingerprint density at radius 2 is 1.91 bits per heavy atom. The summed E-state index contributed by atoms with van der Waals surface area (Å²) in [5.41, 5.74) is 1.27. The van der Waals surface area contributed by atoms with Crippen molar-refractivity contribution in [2.24, 2.45) is 0 Å². The van der Waals surface area contributed by atoms with Crippen molar-refractivity contribution in [1.29, 1.82) is 5.26 Å². The molecule has 0 N–H and O–H groups in total. The van der Waals surface area contributed by atoms with Gasteiger partial charge in [-0.25, -0.2) is 0 Å². The molecule has 1 aromatic rings. The summed E-state index contributed by atoms with van der Waals surface area (Å²) >= 11 is 0.126. The van der Waals surface area contributed by atoms with Crippen LogP contribution in [0.4, 0.5) is 0 Å². The van der Waals surface area contributed by atoms with Crippen LogP contribution in [0.5, 0.6) is 0 Å². The zero-order valence-corrected chi connectivity index (χ0v) is 7.16. The molecular formula is C8H8KNSe. The molecule has 0 aliphatic rings. The molecule has 0 aliphatic carbocycles. The SMILES string of the molecule is N#C[Se]Cc1ccccc1.[KH]. The Morgan fingerprint density at radius 3 is 2.45 bits per heavy atom. The van der Waals surface area contributed by atoms with Crippen LogP contribution in [0.1, 0.15) is 5.56 Å². The van der Waals surface area contributed by atoms with Gasteiger partial charge >= 0.3 is 118 Å². The summed E-state index contributed by atoms with van der Waals surface area (Å²) in [5.74, 6) is 0. The number of rotatable bonds is 2. The molecule has 0 fully saturated rings. The molecule has 0 aromatic heterocycles. The van der Waals surface area contributed by atoms with E-state index in [4.69, 9.17) is 5.26 Å². The van der Waals surface area contributed by atoms with Crippen LogP contribution in [0.15, 0.2) is 30.3 Å². The van der Waals surface area contributed by atoms with E-state index in [0.717, 1.165) is 5.32 Å². The fourth-order valence-electron chi connectivity index (χ4n) is 0.690. The van der Waals surface area contributed by atoms with Gasteiger partial charge in [-0.1, -0.05) is 0 Å². The van der Waals surface area contributed by atoms with Crippen LogP contribution in [0.3, 0.4) is 0 Å². The molecule has 0 amide bonds. The van der Waals surface area contributed by atoms with Crippen molar-refractivity contribution in [2.75, 3.05) is 0 Å². The third-order valence-electron chi connectivity index (χ3n) is 1.15. The van der Waals surface area contributed by atoms with E-state index in [1.807, 2.05) is 18.2 Å². The number of hydrogen-bond acceptors (Lipinski definition) is 1. The average molecular weight is 236 g/mol. The summed E-state index contributed by atoms with van der Waals surface area (Å²) in [7, 11) is 0. The van der Waals surface area contributed by atoms with E-state index in [-0.39, 0.29) is 66.3 Å². The van der Waals surface area contributed by atoms with Gasteiger partial charge in [-0.2, -0.15) is 0 Å². The molecule has 1 aromatic carbocycles. The number of nitriles is 1. The van der Waals surface area contributed by atoms with Crippen molar-refractivity contribution >= 4 is 66.3 Å². The minimum atomic E-state index is 0. The molecule has 0 bridgehead atoms. The van der Waals surface area contributed by atoms with Crippen molar-refractivity contribution < 1.29 is 0 Å². The van der Waals surface area contributed by atoms with Gasteiger partial charge in [-0.05, 0) is 0 Å². The maximum atomic E-state index is 8.31. The number of hydrogen-bond donors (Lipinski definition) is 0. The van der Waals surface area contributed by atoms with Crippen molar-refractivity contribution in [3.05, 3.63) is 35.9 Å². The van der Waals surface area contributed by atoms with Crippen molar-refractivity contribution in [1.82, 2.24) is 0 Å². The summed E-state index contributed by atoms with van der Waals surface area (Å²) in [4.78, 5) is 2.18. The topological polar surface area (TPSA) is 23.8 Å². The van der Waals surface area contributed by atoms with E-state index < -0.39 is 0 Å². The van der Waals surface area contributed by atoms with Crippen LogP contribution >= 0.6 is 0 Å². The van der Waals surface area contributed by atoms with Gasteiger partial charge < -0.3 is 0 Å². The van der Waals surface area contributed by atoms with Crippen molar-refractivity contribution in [3.63, 3.8) is 0 Å². The van der Waals surface area contributed by atoms with Crippen LogP contribution in [0, 0.1) is 10.2 Å². The third kappa shape index (κ3) is 5.16. The molecule has 1 nitrogen and oxygen atoms in total. The van der Waals surface area contributed by atoms with Gasteiger partial charge in [0.05, 0.1) is 0 Å². The fourth-order valence-corrected chi connectivity index (χ4v) is 1.58. The van der Waals surface area contributed by atoms with Crippen LogP contribution in [-0.2, 0) is 5.32 Å². The standard InChI is InChI=1S/C8H7NSe.K.H/c9-7-10-6-8-4-2-1-3-5-8;;/h1-5H,6H2;;. The summed E-state index contributed by atoms with van der Waals surface area (Å²) in [6.07, 6.45) is 0. The summed E-state index contributed by atoms with van der Waals surface area (Å²) in [5, 5.41) is 9.24. The molecule has 0 heterocycles. The molecular weight excluding hydrogens is 228 g/mol. The Balaban J connectivity index is 0.000001000. The first kappa shape index (κ1) is 11.9. The molecule has 0 unspecified atom stereocenters. The molecule has 1 rings (SSSR count). The zero-order chi connectivity index (χ0) is 7.23. The van der Waals surface area contributed by atoms with Crippen LogP contribution in [0.25, 0.3) is 0 Å². The van der Waals surface area contributed by atoms with E-state index in [1.165, 1.54) is 5.56 Å². The second-order valence-electron chi connectivity index (χ2n) is 1.87. The fraction of sp³-hybridized carbons (Fsp3) is 0.125. The van der Waals surface area contributed by atoms with Crippen LogP contribution in [0.2, 0.25) is 0 Å². The third-order valence-corrected chi connectivity index (χ3v) is 2.42. The van der Waals surface area contributed by atoms with Gasteiger partial charge in [-0.3, -0.25) is 0 Å². The van der Waals surface area contributed by atoms with Crippen LogP contribution < -0.4 is 0 Å². The van der Waals surface area contributed by atoms with E-state index >= 15 is 0 Å². The zero-order valence-electron chi connectivity index (χ0n) is 5.45. The summed E-state index contributed by atoms with van der Waals surface area (Å²) in [6, 6.07) is 10.1. The normalized spacial score (nSPS) is 7.91. The van der Waals surface area contributed by atoms with E-state index in [2.05, 4.69) is 17.1 Å². The molecule has 11 heavy (non-hydrogen) atoms. The Morgan fingerprint density at radius 1 is 1.27 bits per heavy atom. The molecule has 0 spiro atoms. The molecule has 0 saturated carbocycles. The molecule has 0 aliphatic heterocycles. The number of nitrogens with zero attached hydrogens (tertiary/aromatic N) is 1. The van der Waals surface area contributed by atoms with Gasteiger partial charge in [0, 0.05) is 0 Å². The van der Waals surface area contributed by atoms with Crippen molar-refractivity contribution in [2.45, 2.75) is 5.32 Å². The average Bonchev–Trinajstić information content (AvgIpc) is 2.03. The minimum absolute atomic E-state index is 0. The van der Waals surface area contributed by atoms with Gasteiger partial charge in [0.15, 0.2) is 0 Å². The van der Waals surface area contributed by atoms with Gasteiger partial charge in [0.25, 0.3) is 0 Å². The predicted molar refractivity (Wildman–Crippen MR) is 48.7 cm³/mol. The first-order valence-electron chi connectivity index (χ1n) is 2.98. The Bertz CT molecular complexity index is 230. The van der Waals surface area contributed by atoms with Crippen molar-refractivity contribution in [3.8, 4) is 4.97 Å². The Hall–Kier alpha value is 0.866. The van der Waals surface area contributed by atoms with E-state index in [9.17, 15) is 0 Å². The van der Waals surface area contributed by atoms with E-state index in [1.54, 1.807) is 0 Å². The Kier molecular flexibility index (Phi) is 8.10. The first-order valence-corrected chi connectivity index (χ1v) is 5.05. The van der Waals surface area contributed by atoms with Gasteiger partial charge in [0.1, 0.15) is 0 Å². The number of benzene rings is 1. The molecule has 3 heteroatoms. The molecule has 0 atom stereocenters.